The number of aliphatic carboxylic acids is 1. The van der Waals surface area contributed by atoms with Crippen LogP contribution in [0.3, 0.4) is 0 Å². The Morgan fingerprint density at radius 2 is 1.76 bits per heavy atom. The van der Waals surface area contributed by atoms with Crippen molar-refractivity contribution in [3.8, 4) is 0 Å². The highest BCUT2D eigenvalue weighted by atomic mass is 16.5. The van der Waals surface area contributed by atoms with Gasteiger partial charge in [0.15, 0.2) is 0 Å². The maximum atomic E-state index is 12.5. The Morgan fingerprint density at radius 3 is 2.29 bits per heavy atom. The fraction of sp³-hybridized carbons (Fsp3) is 0.857. The van der Waals surface area contributed by atoms with Crippen molar-refractivity contribution in [2.75, 3.05) is 53.6 Å². The molecule has 1 saturated carbocycles. The number of amides is 2. The minimum Gasteiger partial charge on any atom is -0.480 e. The average Bonchev–Trinajstić information content (AvgIpc) is 3.25. The van der Waals surface area contributed by atoms with Crippen molar-refractivity contribution in [1.82, 2.24) is 9.80 Å². The number of carbonyl (C=O) groups excluding carboxylic acids is 1. The monoisotopic (exact) mass is 302 g/mol. The molecule has 1 aliphatic rings. The van der Waals surface area contributed by atoms with Crippen LogP contribution in [0.1, 0.15) is 19.3 Å². The van der Waals surface area contributed by atoms with Crippen LogP contribution in [0.2, 0.25) is 0 Å². The van der Waals surface area contributed by atoms with Gasteiger partial charge in [0.1, 0.15) is 6.54 Å². The van der Waals surface area contributed by atoms with Crippen LogP contribution in [0, 0.1) is 5.92 Å². The Morgan fingerprint density at radius 1 is 1.10 bits per heavy atom. The number of ether oxygens (including phenoxy) is 2. The lowest BCUT2D eigenvalue weighted by Crippen LogP contribution is -2.47. The fourth-order valence-electron chi connectivity index (χ4n) is 2.09. The van der Waals surface area contributed by atoms with E-state index >= 15 is 0 Å². The molecule has 0 unspecified atom stereocenters. The van der Waals surface area contributed by atoms with Gasteiger partial charge >= 0.3 is 12.0 Å². The highest BCUT2D eigenvalue weighted by Gasteiger charge is 2.30. The first-order chi connectivity index (χ1) is 10.1. The summed E-state index contributed by atoms with van der Waals surface area (Å²) in [7, 11) is 3.20. The first-order valence-electron chi connectivity index (χ1n) is 7.32. The molecular weight excluding hydrogens is 276 g/mol. The fourth-order valence-corrected chi connectivity index (χ4v) is 2.09. The number of methoxy groups -OCH3 is 2. The van der Waals surface area contributed by atoms with Gasteiger partial charge in [-0.1, -0.05) is 0 Å². The normalized spacial score (nSPS) is 14.0. The predicted octanol–water partition coefficient (Wildman–Crippen LogP) is 0.888. The highest BCUT2D eigenvalue weighted by molar-refractivity contribution is 5.80. The molecule has 1 N–H and O–H groups in total. The van der Waals surface area contributed by atoms with E-state index in [-0.39, 0.29) is 12.6 Å². The summed E-state index contributed by atoms with van der Waals surface area (Å²) in [4.78, 5) is 26.6. The van der Waals surface area contributed by atoms with Crippen LogP contribution in [0.5, 0.6) is 0 Å². The smallest absolute Gasteiger partial charge is 0.323 e. The first kappa shape index (κ1) is 17.7. The van der Waals surface area contributed by atoms with Gasteiger partial charge in [-0.25, -0.2) is 4.79 Å². The lowest BCUT2D eigenvalue weighted by Gasteiger charge is -2.29. The van der Waals surface area contributed by atoms with E-state index in [0.29, 0.717) is 38.8 Å². The maximum absolute atomic E-state index is 12.5. The molecule has 0 atom stereocenters. The van der Waals surface area contributed by atoms with E-state index in [0.717, 1.165) is 19.3 Å². The number of carbonyl (C=O) groups is 2. The van der Waals surface area contributed by atoms with Gasteiger partial charge in [0, 0.05) is 40.5 Å². The van der Waals surface area contributed by atoms with E-state index in [1.54, 1.807) is 19.1 Å². The first-order valence-corrected chi connectivity index (χ1v) is 7.32. The molecule has 0 aromatic rings. The van der Waals surface area contributed by atoms with Gasteiger partial charge in [0.05, 0.1) is 6.61 Å². The van der Waals surface area contributed by atoms with E-state index in [9.17, 15) is 9.59 Å². The highest BCUT2D eigenvalue weighted by Crippen LogP contribution is 2.29. The molecule has 2 amide bonds. The van der Waals surface area contributed by atoms with Gasteiger partial charge in [-0.15, -0.1) is 0 Å². The van der Waals surface area contributed by atoms with Gasteiger partial charge in [-0.05, 0) is 25.2 Å². The maximum Gasteiger partial charge on any atom is 0.323 e. The summed E-state index contributed by atoms with van der Waals surface area (Å²) >= 11 is 0. The predicted molar refractivity (Wildman–Crippen MR) is 77.3 cm³/mol. The molecule has 21 heavy (non-hydrogen) atoms. The van der Waals surface area contributed by atoms with Gasteiger partial charge in [0.2, 0.25) is 0 Å². The number of nitrogens with zero attached hydrogens (tertiary/aromatic N) is 2. The van der Waals surface area contributed by atoms with Crippen LogP contribution in [0.4, 0.5) is 4.79 Å². The van der Waals surface area contributed by atoms with Crippen molar-refractivity contribution in [3.05, 3.63) is 0 Å². The van der Waals surface area contributed by atoms with Crippen molar-refractivity contribution in [2.24, 2.45) is 5.92 Å². The lowest BCUT2D eigenvalue weighted by molar-refractivity contribution is -0.137. The molecule has 0 radical (unpaired) electrons. The van der Waals surface area contributed by atoms with Crippen molar-refractivity contribution in [1.29, 1.82) is 0 Å². The summed E-state index contributed by atoms with van der Waals surface area (Å²) < 4.78 is 10.0. The van der Waals surface area contributed by atoms with Crippen LogP contribution >= 0.6 is 0 Å². The van der Waals surface area contributed by atoms with Gasteiger partial charge in [0.25, 0.3) is 0 Å². The molecular formula is C14H26N2O5. The number of urea groups is 1. The zero-order valence-electron chi connectivity index (χ0n) is 12.9. The summed E-state index contributed by atoms with van der Waals surface area (Å²) in [5.41, 5.74) is 0. The number of carboxylic acids is 1. The van der Waals surface area contributed by atoms with Crippen LogP contribution in [-0.2, 0) is 14.3 Å². The van der Waals surface area contributed by atoms with Gasteiger partial charge in [-0.2, -0.15) is 0 Å². The molecule has 7 nitrogen and oxygen atoms in total. The van der Waals surface area contributed by atoms with Crippen LogP contribution in [-0.4, -0.2) is 80.5 Å². The molecule has 122 valence electrons. The minimum atomic E-state index is -0.979. The summed E-state index contributed by atoms with van der Waals surface area (Å²) in [6.07, 6.45) is 2.87. The minimum absolute atomic E-state index is 0.225. The third-order valence-corrected chi connectivity index (χ3v) is 3.38. The summed E-state index contributed by atoms with van der Waals surface area (Å²) in [5, 5.41) is 8.98. The van der Waals surface area contributed by atoms with Gasteiger partial charge in [-0.3, -0.25) is 4.79 Å². The summed E-state index contributed by atoms with van der Waals surface area (Å²) in [6, 6.07) is -0.225. The summed E-state index contributed by atoms with van der Waals surface area (Å²) in [5.74, 6) is -0.524. The molecule has 7 heteroatoms. The molecule has 1 fully saturated rings. The third kappa shape index (κ3) is 7.29. The molecule has 0 aromatic carbocycles. The van der Waals surface area contributed by atoms with Crippen molar-refractivity contribution in [2.45, 2.75) is 19.3 Å². The topological polar surface area (TPSA) is 79.3 Å². The number of carboxylic acid groups (broad SMARTS) is 1. The zero-order valence-corrected chi connectivity index (χ0v) is 12.9. The second-order valence-electron chi connectivity index (χ2n) is 5.33. The second-order valence-corrected chi connectivity index (χ2v) is 5.33. The molecule has 0 aliphatic heterocycles. The van der Waals surface area contributed by atoms with Crippen LogP contribution in [0.15, 0.2) is 0 Å². The van der Waals surface area contributed by atoms with Crippen LogP contribution < -0.4 is 0 Å². The van der Waals surface area contributed by atoms with E-state index in [2.05, 4.69) is 0 Å². The number of hydrogen-bond acceptors (Lipinski definition) is 4. The Labute approximate surface area is 125 Å². The van der Waals surface area contributed by atoms with E-state index in [4.69, 9.17) is 14.6 Å². The SMILES string of the molecule is COCCCN(CCOC)C(=O)N(CC(=O)O)CC1CC1. The third-order valence-electron chi connectivity index (χ3n) is 3.38. The molecule has 0 heterocycles. The Balaban J connectivity index is 2.59. The Hall–Kier alpha value is -1.34. The molecule has 0 aromatic heterocycles. The summed E-state index contributed by atoms with van der Waals surface area (Å²) in [6.45, 7) is 2.28. The van der Waals surface area contributed by atoms with E-state index < -0.39 is 5.97 Å². The van der Waals surface area contributed by atoms with Gasteiger partial charge < -0.3 is 24.4 Å². The van der Waals surface area contributed by atoms with Crippen molar-refractivity contribution >= 4 is 12.0 Å². The lowest BCUT2D eigenvalue weighted by atomic mass is 10.3. The Bertz CT molecular complexity index is 333. The van der Waals surface area contributed by atoms with E-state index in [1.807, 2.05) is 0 Å². The van der Waals surface area contributed by atoms with Crippen molar-refractivity contribution < 1.29 is 24.2 Å². The molecule has 0 saturated heterocycles. The zero-order chi connectivity index (χ0) is 15.7. The quantitative estimate of drug-likeness (QED) is 0.573. The average molecular weight is 302 g/mol. The second kappa shape index (κ2) is 9.57. The van der Waals surface area contributed by atoms with Crippen LogP contribution in [0.25, 0.3) is 0 Å². The molecule has 1 aliphatic carbocycles. The molecule has 1 rings (SSSR count). The van der Waals surface area contributed by atoms with Crippen molar-refractivity contribution in [3.63, 3.8) is 0 Å². The largest absolute Gasteiger partial charge is 0.480 e. The standard InChI is InChI=1S/C14H26N2O5/c1-20-8-3-6-15(7-9-21-2)14(19)16(11-13(17)18)10-12-4-5-12/h12H,3-11H2,1-2H3,(H,17,18). The number of rotatable bonds is 11. The molecule has 0 bridgehead atoms. The van der Waals surface area contributed by atoms with E-state index in [1.165, 1.54) is 4.90 Å². The molecule has 0 spiro atoms. The Kier molecular flexibility index (Phi) is 8.07. The number of hydrogen-bond donors (Lipinski definition) is 1.